The Balaban J connectivity index is 2.21. The Bertz CT molecular complexity index is 369. The predicted molar refractivity (Wildman–Crippen MR) is 55.0 cm³/mol. The lowest BCUT2D eigenvalue weighted by molar-refractivity contribution is -0.0220. The van der Waals surface area contributed by atoms with E-state index in [1.165, 1.54) is 23.9 Å². The standard InChI is InChI=1S/C9H12N2O3S/c1-5-4-6(8(10)11-12)15-7(5)9-13-2-3-14-9/h2-4,8-9,11-12H,10H2,1H3. The van der Waals surface area contributed by atoms with Crippen LogP contribution in [-0.4, -0.2) is 5.21 Å². The minimum atomic E-state index is -0.572. The first-order chi connectivity index (χ1) is 7.22. The summed E-state index contributed by atoms with van der Waals surface area (Å²) in [6.45, 7) is 1.95. The summed E-state index contributed by atoms with van der Waals surface area (Å²) < 4.78 is 10.5. The number of aryl methyl sites for hydroxylation is 1. The smallest absolute Gasteiger partial charge is 0.275 e. The number of rotatable bonds is 3. The van der Waals surface area contributed by atoms with Crippen molar-refractivity contribution in [2.24, 2.45) is 5.73 Å². The van der Waals surface area contributed by atoms with Gasteiger partial charge in [-0.05, 0) is 18.6 Å². The van der Waals surface area contributed by atoms with E-state index in [2.05, 4.69) is 0 Å². The number of hydrogen-bond acceptors (Lipinski definition) is 6. The lowest BCUT2D eigenvalue weighted by Gasteiger charge is -2.09. The minimum Gasteiger partial charge on any atom is -0.454 e. The molecule has 1 aromatic heterocycles. The van der Waals surface area contributed by atoms with Crippen LogP contribution in [0.3, 0.4) is 0 Å². The van der Waals surface area contributed by atoms with Crippen LogP contribution >= 0.6 is 11.3 Å². The van der Waals surface area contributed by atoms with Crippen LogP contribution in [0, 0.1) is 6.92 Å². The van der Waals surface area contributed by atoms with E-state index in [9.17, 15) is 0 Å². The van der Waals surface area contributed by atoms with Crippen molar-refractivity contribution >= 4 is 11.3 Å². The molecule has 6 heteroatoms. The monoisotopic (exact) mass is 228 g/mol. The van der Waals surface area contributed by atoms with Gasteiger partial charge in [-0.2, -0.15) is 5.48 Å². The van der Waals surface area contributed by atoms with Crippen molar-refractivity contribution in [3.8, 4) is 0 Å². The molecule has 0 spiro atoms. The maximum absolute atomic E-state index is 8.71. The molecule has 0 radical (unpaired) electrons. The third kappa shape index (κ3) is 1.98. The van der Waals surface area contributed by atoms with Crippen LogP contribution in [0.2, 0.25) is 0 Å². The Labute approximate surface area is 91.1 Å². The van der Waals surface area contributed by atoms with Crippen LogP contribution in [0.4, 0.5) is 0 Å². The molecule has 2 heterocycles. The van der Waals surface area contributed by atoms with Crippen molar-refractivity contribution in [1.82, 2.24) is 5.48 Å². The van der Waals surface area contributed by atoms with Gasteiger partial charge < -0.3 is 20.4 Å². The molecule has 0 bridgehead atoms. The molecular weight excluding hydrogens is 216 g/mol. The highest BCUT2D eigenvalue weighted by atomic mass is 32.1. The molecule has 0 saturated heterocycles. The molecule has 1 aliphatic heterocycles. The Hall–Kier alpha value is -1.08. The summed E-state index contributed by atoms with van der Waals surface area (Å²) in [5, 5.41) is 8.71. The third-order valence-electron chi connectivity index (χ3n) is 2.09. The molecule has 5 nitrogen and oxygen atoms in total. The van der Waals surface area contributed by atoms with Gasteiger partial charge in [0, 0.05) is 4.88 Å². The number of hydrogen-bond donors (Lipinski definition) is 3. The molecule has 1 unspecified atom stereocenters. The van der Waals surface area contributed by atoms with Gasteiger partial charge in [-0.15, -0.1) is 11.3 Å². The molecule has 0 aromatic carbocycles. The molecule has 1 aliphatic rings. The van der Waals surface area contributed by atoms with Gasteiger partial charge in [-0.1, -0.05) is 0 Å². The van der Waals surface area contributed by atoms with Gasteiger partial charge in [0.15, 0.2) is 0 Å². The van der Waals surface area contributed by atoms with Gasteiger partial charge >= 0.3 is 0 Å². The average Bonchev–Trinajstić information content (AvgIpc) is 2.84. The lowest BCUT2D eigenvalue weighted by Crippen LogP contribution is -2.24. The van der Waals surface area contributed by atoms with E-state index < -0.39 is 6.17 Å². The van der Waals surface area contributed by atoms with E-state index in [0.717, 1.165) is 15.3 Å². The second-order valence-electron chi connectivity index (χ2n) is 3.18. The normalized spacial score (nSPS) is 17.5. The summed E-state index contributed by atoms with van der Waals surface area (Å²) in [6.07, 6.45) is 2.06. The SMILES string of the molecule is Cc1cc(C(N)NO)sc1C1OC=CO1. The Morgan fingerprint density at radius 3 is 2.80 bits per heavy atom. The molecule has 1 aromatic rings. The maximum Gasteiger partial charge on any atom is 0.275 e. The second-order valence-corrected chi connectivity index (χ2v) is 4.29. The van der Waals surface area contributed by atoms with E-state index in [0.29, 0.717) is 0 Å². The first-order valence-corrected chi connectivity index (χ1v) is 5.25. The third-order valence-corrected chi connectivity index (χ3v) is 3.44. The topological polar surface area (TPSA) is 76.7 Å². The largest absolute Gasteiger partial charge is 0.454 e. The van der Waals surface area contributed by atoms with E-state index >= 15 is 0 Å². The molecule has 4 N–H and O–H groups in total. The number of thiophene rings is 1. The minimum absolute atomic E-state index is 0.380. The van der Waals surface area contributed by atoms with Crippen molar-refractivity contribution in [2.45, 2.75) is 19.4 Å². The fourth-order valence-electron chi connectivity index (χ4n) is 1.33. The predicted octanol–water partition coefficient (Wildman–Crippen LogP) is 1.51. The van der Waals surface area contributed by atoms with E-state index in [4.69, 9.17) is 20.4 Å². The van der Waals surface area contributed by atoms with Crippen LogP contribution in [0.5, 0.6) is 0 Å². The fourth-order valence-corrected chi connectivity index (χ4v) is 2.43. The van der Waals surface area contributed by atoms with Crippen molar-refractivity contribution < 1.29 is 14.7 Å². The van der Waals surface area contributed by atoms with Crippen LogP contribution in [0.15, 0.2) is 18.6 Å². The number of nitrogens with one attached hydrogen (secondary N) is 1. The zero-order valence-corrected chi connectivity index (χ0v) is 8.95. The first-order valence-electron chi connectivity index (χ1n) is 4.43. The molecule has 2 rings (SSSR count). The molecule has 0 amide bonds. The Kier molecular flexibility index (Phi) is 2.92. The average molecular weight is 228 g/mol. The molecule has 0 fully saturated rings. The molecule has 15 heavy (non-hydrogen) atoms. The highest BCUT2D eigenvalue weighted by Crippen LogP contribution is 2.34. The first kappa shape index (κ1) is 10.4. The van der Waals surface area contributed by atoms with Crippen LogP contribution in [0.25, 0.3) is 0 Å². The zero-order chi connectivity index (χ0) is 10.8. The summed E-state index contributed by atoms with van der Waals surface area (Å²) >= 11 is 1.45. The Morgan fingerprint density at radius 1 is 1.53 bits per heavy atom. The molecule has 1 atom stereocenters. The van der Waals surface area contributed by atoms with Crippen molar-refractivity contribution in [3.05, 3.63) is 33.9 Å². The Morgan fingerprint density at radius 2 is 2.20 bits per heavy atom. The summed E-state index contributed by atoms with van der Waals surface area (Å²) in [4.78, 5) is 1.80. The number of ether oxygens (including phenoxy) is 2. The molecule has 0 saturated carbocycles. The van der Waals surface area contributed by atoms with Gasteiger partial charge in [-0.3, -0.25) is 0 Å². The summed E-state index contributed by atoms with van der Waals surface area (Å²) in [5.41, 5.74) is 8.67. The molecule has 0 aliphatic carbocycles. The van der Waals surface area contributed by atoms with Crippen LogP contribution in [0.1, 0.15) is 27.8 Å². The summed E-state index contributed by atoms with van der Waals surface area (Å²) in [5.74, 6) is 0. The number of nitrogens with two attached hydrogens (primary N) is 1. The van der Waals surface area contributed by atoms with Gasteiger partial charge in [0.2, 0.25) is 0 Å². The second kappa shape index (κ2) is 4.19. The molecule has 82 valence electrons. The van der Waals surface area contributed by atoms with Crippen LogP contribution < -0.4 is 11.2 Å². The summed E-state index contributed by atoms with van der Waals surface area (Å²) in [7, 11) is 0. The van der Waals surface area contributed by atoms with E-state index in [1.54, 1.807) is 0 Å². The van der Waals surface area contributed by atoms with Crippen molar-refractivity contribution in [1.29, 1.82) is 0 Å². The van der Waals surface area contributed by atoms with Gasteiger partial charge in [0.25, 0.3) is 6.29 Å². The molecular formula is C9H12N2O3S. The zero-order valence-electron chi connectivity index (χ0n) is 8.14. The highest BCUT2D eigenvalue weighted by Gasteiger charge is 2.22. The van der Waals surface area contributed by atoms with Crippen LogP contribution in [-0.2, 0) is 9.47 Å². The van der Waals surface area contributed by atoms with Gasteiger partial charge in [0.1, 0.15) is 18.7 Å². The number of hydroxylamine groups is 1. The highest BCUT2D eigenvalue weighted by molar-refractivity contribution is 7.12. The maximum atomic E-state index is 8.71. The van der Waals surface area contributed by atoms with E-state index in [1.807, 2.05) is 18.5 Å². The van der Waals surface area contributed by atoms with E-state index in [-0.39, 0.29) is 6.29 Å². The quantitative estimate of drug-likeness (QED) is 0.540. The van der Waals surface area contributed by atoms with Crippen molar-refractivity contribution in [3.63, 3.8) is 0 Å². The summed E-state index contributed by atoms with van der Waals surface area (Å²) in [6, 6.07) is 1.90. The van der Waals surface area contributed by atoms with Gasteiger partial charge in [0.05, 0.1) is 4.88 Å². The lowest BCUT2D eigenvalue weighted by atomic mass is 10.2. The fraction of sp³-hybridized carbons (Fsp3) is 0.333. The van der Waals surface area contributed by atoms with Gasteiger partial charge in [-0.25, -0.2) is 0 Å². The van der Waals surface area contributed by atoms with Crippen molar-refractivity contribution in [2.75, 3.05) is 0 Å².